The Morgan fingerprint density at radius 2 is 1.76 bits per heavy atom. The molecule has 7 nitrogen and oxygen atoms in total. The quantitative estimate of drug-likeness (QED) is 0.359. The molecule has 0 fully saturated rings. The Labute approximate surface area is 188 Å². The van der Waals surface area contributed by atoms with E-state index in [0.717, 1.165) is 44.0 Å². The molecule has 6 rings (SSSR count). The van der Waals surface area contributed by atoms with Gasteiger partial charge in [-0.2, -0.15) is 5.10 Å². The second-order valence-corrected chi connectivity index (χ2v) is 8.07. The van der Waals surface area contributed by atoms with Crippen molar-refractivity contribution < 1.29 is 4.79 Å². The molecule has 0 bridgehead atoms. The van der Waals surface area contributed by atoms with Crippen molar-refractivity contribution in [2.24, 2.45) is 0 Å². The summed E-state index contributed by atoms with van der Waals surface area (Å²) in [6, 6.07) is 21.8. The van der Waals surface area contributed by atoms with Gasteiger partial charge < -0.3 is 10.3 Å². The summed E-state index contributed by atoms with van der Waals surface area (Å²) < 4.78 is 0. The van der Waals surface area contributed by atoms with Gasteiger partial charge in [0.15, 0.2) is 5.82 Å². The number of pyridine rings is 1. The molecule has 160 valence electrons. The van der Waals surface area contributed by atoms with Crippen LogP contribution in [0.3, 0.4) is 0 Å². The van der Waals surface area contributed by atoms with Crippen LogP contribution >= 0.6 is 0 Å². The maximum Gasteiger partial charge on any atom is 0.287 e. The first kappa shape index (κ1) is 19.2. The number of nitrogens with zero attached hydrogens (tertiary/aromatic N) is 3. The Kier molecular flexibility index (Phi) is 4.40. The molecular weight excluding hydrogens is 412 g/mol. The number of fused-ring (bicyclic) bond motifs is 3. The summed E-state index contributed by atoms with van der Waals surface area (Å²) in [5.74, 6) is 0.0333. The molecule has 7 heteroatoms. The molecule has 3 aromatic heterocycles. The van der Waals surface area contributed by atoms with E-state index in [9.17, 15) is 4.79 Å². The monoisotopic (exact) mass is 432 g/mol. The summed E-state index contributed by atoms with van der Waals surface area (Å²) in [7, 11) is 0. The van der Waals surface area contributed by atoms with Gasteiger partial charge in [0, 0.05) is 23.3 Å². The van der Waals surface area contributed by atoms with Crippen molar-refractivity contribution in [1.82, 2.24) is 30.5 Å². The normalized spacial score (nSPS) is 12.4. The number of carbonyl (C=O) groups excluding carboxylic acids is 1. The molecule has 3 aromatic carbocycles. The fourth-order valence-electron chi connectivity index (χ4n) is 4.33. The molecule has 0 saturated heterocycles. The standard InChI is InChI=1S/C26H20N6O/c1-15(18-8-4-6-16-5-2-3-7-19(16)18)28-26(33)25-29-22-13-20-21(14-23(22)30-25)31-32-24(20)17-9-11-27-12-10-17/h2-15H,1H3,(H,28,33)(H,29,30)(H,31,32)/t15-/m1/s1. The summed E-state index contributed by atoms with van der Waals surface area (Å²) in [6.07, 6.45) is 3.48. The number of amides is 1. The summed E-state index contributed by atoms with van der Waals surface area (Å²) in [5.41, 5.74) is 5.21. The SMILES string of the molecule is C[C@@H](NC(=O)c1nc2cc3c(-c4ccncc4)n[nH]c3cc2[nH]1)c1cccc2ccccc12. The fraction of sp³-hybridized carbons (Fsp3) is 0.0769. The van der Waals surface area contributed by atoms with E-state index in [0.29, 0.717) is 5.52 Å². The molecule has 6 aromatic rings. The molecule has 3 heterocycles. The van der Waals surface area contributed by atoms with Crippen LogP contribution in [0, 0.1) is 0 Å². The van der Waals surface area contributed by atoms with Gasteiger partial charge in [-0.25, -0.2) is 4.98 Å². The molecule has 0 radical (unpaired) electrons. The highest BCUT2D eigenvalue weighted by molar-refractivity contribution is 6.02. The highest BCUT2D eigenvalue weighted by atomic mass is 16.2. The predicted octanol–water partition coefficient (Wildman–Crippen LogP) is 5.15. The molecule has 1 atom stereocenters. The minimum atomic E-state index is -0.247. The lowest BCUT2D eigenvalue weighted by Gasteiger charge is -2.16. The van der Waals surface area contributed by atoms with Crippen LogP contribution in [-0.4, -0.2) is 31.1 Å². The van der Waals surface area contributed by atoms with Gasteiger partial charge in [-0.3, -0.25) is 14.9 Å². The first-order valence-corrected chi connectivity index (χ1v) is 10.7. The minimum absolute atomic E-state index is 0.172. The Morgan fingerprint density at radius 1 is 0.939 bits per heavy atom. The van der Waals surface area contributed by atoms with Crippen LogP contribution in [0.25, 0.3) is 44.0 Å². The fourth-order valence-corrected chi connectivity index (χ4v) is 4.33. The van der Waals surface area contributed by atoms with Crippen molar-refractivity contribution in [3.8, 4) is 11.3 Å². The van der Waals surface area contributed by atoms with Gasteiger partial charge in [0.2, 0.25) is 0 Å². The lowest BCUT2D eigenvalue weighted by Crippen LogP contribution is -2.27. The van der Waals surface area contributed by atoms with E-state index in [2.05, 4.69) is 48.7 Å². The van der Waals surface area contributed by atoms with Crippen LogP contribution in [0.5, 0.6) is 0 Å². The van der Waals surface area contributed by atoms with E-state index in [-0.39, 0.29) is 17.8 Å². The summed E-state index contributed by atoms with van der Waals surface area (Å²) in [4.78, 5) is 24.8. The second-order valence-electron chi connectivity index (χ2n) is 8.07. The summed E-state index contributed by atoms with van der Waals surface area (Å²) >= 11 is 0. The molecule has 0 aliphatic carbocycles. The molecule has 0 spiro atoms. The van der Waals surface area contributed by atoms with Crippen LogP contribution in [0.4, 0.5) is 0 Å². The van der Waals surface area contributed by atoms with Crippen LogP contribution in [0.2, 0.25) is 0 Å². The van der Waals surface area contributed by atoms with Crippen molar-refractivity contribution in [2.45, 2.75) is 13.0 Å². The Hall–Kier alpha value is -4.52. The Balaban J connectivity index is 1.32. The molecule has 0 saturated carbocycles. The molecule has 0 aliphatic rings. The van der Waals surface area contributed by atoms with Crippen molar-refractivity contribution in [1.29, 1.82) is 0 Å². The van der Waals surface area contributed by atoms with Gasteiger partial charge >= 0.3 is 0 Å². The number of carbonyl (C=O) groups is 1. The van der Waals surface area contributed by atoms with Crippen LogP contribution in [0.1, 0.15) is 29.1 Å². The number of aromatic amines is 2. The lowest BCUT2D eigenvalue weighted by molar-refractivity contribution is 0.0931. The van der Waals surface area contributed by atoms with E-state index >= 15 is 0 Å². The third kappa shape index (κ3) is 3.30. The van der Waals surface area contributed by atoms with E-state index in [1.165, 1.54) is 0 Å². The topological polar surface area (TPSA) is 99.3 Å². The molecule has 0 unspecified atom stereocenters. The maximum atomic E-state index is 13.0. The van der Waals surface area contributed by atoms with Crippen LogP contribution < -0.4 is 5.32 Å². The van der Waals surface area contributed by atoms with Gasteiger partial charge in [-0.05, 0) is 47.5 Å². The number of nitrogens with one attached hydrogen (secondary N) is 3. The number of aromatic nitrogens is 5. The van der Waals surface area contributed by atoms with E-state index in [1.807, 2.05) is 55.5 Å². The number of rotatable bonds is 4. The van der Waals surface area contributed by atoms with Gasteiger partial charge in [-0.15, -0.1) is 0 Å². The zero-order chi connectivity index (χ0) is 22.4. The molecule has 0 aliphatic heterocycles. The van der Waals surface area contributed by atoms with Crippen molar-refractivity contribution >= 4 is 38.6 Å². The average Bonchev–Trinajstić information content (AvgIpc) is 3.46. The number of hydrogen-bond donors (Lipinski definition) is 3. The third-order valence-corrected chi connectivity index (χ3v) is 5.97. The summed E-state index contributed by atoms with van der Waals surface area (Å²) in [6.45, 7) is 1.98. The Morgan fingerprint density at radius 3 is 2.64 bits per heavy atom. The molecule has 3 N–H and O–H groups in total. The smallest absolute Gasteiger partial charge is 0.287 e. The Bertz CT molecular complexity index is 1630. The summed E-state index contributed by atoms with van der Waals surface area (Å²) in [5, 5.41) is 13.8. The first-order valence-electron chi connectivity index (χ1n) is 10.7. The van der Waals surface area contributed by atoms with E-state index in [1.54, 1.807) is 12.4 Å². The predicted molar refractivity (Wildman–Crippen MR) is 129 cm³/mol. The number of hydrogen-bond acceptors (Lipinski definition) is 4. The number of benzene rings is 3. The van der Waals surface area contributed by atoms with Crippen molar-refractivity contribution in [2.75, 3.05) is 0 Å². The maximum absolute atomic E-state index is 13.0. The minimum Gasteiger partial charge on any atom is -0.343 e. The van der Waals surface area contributed by atoms with Crippen LogP contribution in [-0.2, 0) is 0 Å². The third-order valence-electron chi connectivity index (χ3n) is 5.97. The number of H-pyrrole nitrogens is 2. The lowest BCUT2D eigenvalue weighted by atomic mass is 10.00. The van der Waals surface area contributed by atoms with E-state index < -0.39 is 0 Å². The molecule has 33 heavy (non-hydrogen) atoms. The van der Waals surface area contributed by atoms with Gasteiger partial charge in [0.1, 0.15) is 5.69 Å². The van der Waals surface area contributed by atoms with Gasteiger partial charge in [-0.1, -0.05) is 42.5 Å². The first-order chi connectivity index (χ1) is 16.2. The van der Waals surface area contributed by atoms with Gasteiger partial charge in [0.05, 0.1) is 22.6 Å². The van der Waals surface area contributed by atoms with Crippen molar-refractivity contribution in [3.63, 3.8) is 0 Å². The van der Waals surface area contributed by atoms with Crippen molar-refractivity contribution in [3.05, 3.63) is 90.5 Å². The molecule has 1 amide bonds. The highest BCUT2D eigenvalue weighted by Gasteiger charge is 2.18. The van der Waals surface area contributed by atoms with E-state index in [4.69, 9.17) is 0 Å². The second kappa shape index (κ2) is 7.56. The highest BCUT2D eigenvalue weighted by Crippen LogP contribution is 2.29. The molecular formula is C26H20N6O. The zero-order valence-corrected chi connectivity index (χ0v) is 17.8. The largest absolute Gasteiger partial charge is 0.343 e. The zero-order valence-electron chi connectivity index (χ0n) is 17.8. The number of imidazole rings is 1. The van der Waals surface area contributed by atoms with Crippen LogP contribution in [0.15, 0.2) is 79.1 Å². The van der Waals surface area contributed by atoms with Gasteiger partial charge in [0.25, 0.3) is 5.91 Å². The average molecular weight is 432 g/mol.